The zero-order chi connectivity index (χ0) is 18.8. The molecule has 0 bridgehead atoms. The summed E-state index contributed by atoms with van der Waals surface area (Å²) in [4.78, 5) is 7.22. The molecular formula is C20H34N4O2. The van der Waals surface area contributed by atoms with Gasteiger partial charge in [-0.05, 0) is 45.4 Å². The monoisotopic (exact) mass is 362 g/mol. The first-order valence-corrected chi connectivity index (χ1v) is 9.56. The van der Waals surface area contributed by atoms with E-state index in [2.05, 4.69) is 49.3 Å². The lowest BCUT2D eigenvalue weighted by atomic mass is 10.0. The molecule has 0 unspecified atom stereocenters. The quantitative estimate of drug-likeness (QED) is 0.421. The second-order valence-electron chi connectivity index (χ2n) is 7.20. The smallest absolute Gasteiger partial charge is 0.191 e. The second-order valence-corrected chi connectivity index (χ2v) is 7.20. The van der Waals surface area contributed by atoms with Gasteiger partial charge < -0.3 is 20.1 Å². The van der Waals surface area contributed by atoms with Gasteiger partial charge >= 0.3 is 0 Å². The fraction of sp³-hybridized carbons (Fsp3) is 0.650. The molecular weight excluding hydrogens is 328 g/mol. The van der Waals surface area contributed by atoms with Crippen molar-refractivity contribution >= 4 is 5.96 Å². The van der Waals surface area contributed by atoms with E-state index in [0.29, 0.717) is 13.2 Å². The summed E-state index contributed by atoms with van der Waals surface area (Å²) in [5, 5.41) is 6.66. The fourth-order valence-corrected chi connectivity index (χ4v) is 2.93. The number of benzene rings is 1. The van der Waals surface area contributed by atoms with E-state index in [1.165, 1.54) is 5.56 Å². The van der Waals surface area contributed by atoms with Gasteiger partial charge in [-0.1, -0.05) is 12.1 Å². The molecule has 1 heterocycles. The van der Waals surface area contributed by atoms with Gasteiger partial charge in [-0.2, -0.15) is 0 Å². The zero-order valence-electron chi connectivity index (χ0n) is 16.7. The van der Waals surface area contributed by atoms with Gasteiger partial charge in [0.05, 0.1) is 26.3 Å². The highest BCUT2D eigenvalue weighted by molar-refractivity contribution is 5.79. The summed E-state index contributed by atoms with van der Waals surface area (Å²) in [6, 6.07) is 8.11. The molecule has 26 heavy (non-hydrogen) atoms. The minimum Gasteiger partial charge on any atom is -0.492 e. The van der Waals surface area contributed by atoms with Crippen molar-refractivity contribution in [1.82, 2.24) is 15.5 Å². The largest absolute Gasteiger partial charge is 0.492 e. The summed E-state index contributed by atoms with van der Waals surface area (Å²) in [5.74, 6) is 1.74. The highest BCUT2D eigenvalue weighted by Crippen LogP contribution is 2.16. The van der Waals surface area contributed by atoms with Crippen LogP contribution < -0.4 is 15.4 Å². The number of ether oxygens (including phenoxy) is 2. The van der Waals surface area contributed by atoms with Crippen molar-refractivity contribution in [2.24, 2.45) is 4.99 Å². The molecule has 1 aromatic carbocycles. The number of hydrogen-bond acceptors (Lipinski definition) is 4. The average molecular weight is 363 g/mol. The molecule has 1 aliphatic heterocycles. The Morgan fingerprint density at radius 2 is 2.04 bits per heavy atom. The van der Waals surface area contributed by atoms with Crippen LogP contribution in [0.15, 0.2) is 29.3 Å². The average Bonchev–Trinajstić information content (AvgIpc) is 2.64. The van der Waals surface area contributed by atoms with Gasteiger partial charge in [0.15, 0.2) is 5.96 Å². The predicted molar refractivity (Wildman–Crippen MR) is 107 cm³/mol. The number of nitrogens with zero attached hydrogens (tertiary/aromatic N) is 2. The molecule has 6 heteroatoms. The molecule has 0 spiro atoms. The van der Waals surface area contributed by atoms with E-state index in [1.807, 2.05) is 18.2 Å². The Kier molecular flexibility index (Phi) is 8.19. The van der Waals surface area contributed by atoms with Crippen LogP contribution in [0.1, 0.15) is 26.3 Å². The second kappa shape index (κ2) is 10.4. The third kappa shape index (κ3) is 6.84. The number of hydrogen-bond donors (Lipinski definition) is 2. The highest BCUT2D eigenvalue weighted by Gasteiger charge is 2.28. The van der Waals surface area contributed by atoms with Gasteiger partial charge in [0, 0.05) is 25.2 Å². The number of aryl methyl sites for hydroxylation is 1. The van der Waals surface area contributed by atoms with Crippen molar-refractivity contribution in [3.05, 3.63) is 29.8 Å². The molecule has 0 radical (unpaired) electrons. The number of aliphatic imine (C=N–C) groups is 1. The Morgan fingerprint density at radius 3 is 2.73 bits per heavy atom. The van der Waals surface area contributed by atoms with Crippen LogP contribution in [0.3, 0.4) is 0 Å². The maximum Gasteiger partial charge on any atom is 0.191 e. The summed E-state index contributed by atoms with van der Waals surface area (Å²) in [7, 11) is 0. The number of nitrogens with one attached hydrogen (secondary N) is 2. The Bertz CT molecular complexity index is 569. The van der Waals surface area contributed by atoms with Gasteiger partial charge in [0.25, 0.3) is 0 Å². The van der Waals surface area contributed by atoms with E-state index in [-0.39, 0.29) is 5.54 Å². The molecule has 0 atom stereocenters. The summed E-state index contributed by atoms with van der Waals surface area (Å²) in [6.07, 6.45) is 0. The van der Waals surface area contributed by atoms with E-state index < -0.39 is 0 Å². The van der Waals surface area contributed by atoms with Crippen molar-refractivity contribution in [3.8, 4) is 5.75 Å². The number of guanidine groups is 1. The Balaban J connectivity index is 1.79. The topological polar surface area (TPSA) is 58.1 Å². The van der Waals surface area contributed by atoms with Crippen molar-refractivity contribution in [2.75, 3.05) is 52.5 Å². The molecule has 2 rings (SSSR count). The lowest BCUT2D eigenvalue weighted by Gasteiger charge is -2.39. The molecule has 146 valence electrons. The van der Waals surface area contributed by atoms with Crippen LogP contribution in [0.4, 0.5) is 0 Å². The molecule has 2 N–H and O–H groups in total. The minimum absolute atomic E-state index is 0.0181. The summed E-state index contributed by atoms with van der Waals surface area (Å²) < 4.78 is 11.2. The number of morpholine rings is 1. The van der Waals surface area contributed by atoms with Crippen LogP contribution in [0, 0.1) is 6.92 Å². The Hall–Kier alpha value is -1.79. The van der Waals surface area contributed by atoms with Gasteiger partial charge in [-0.25, -0.2) is 0 Å². The van der Waals surface area contributed by atoms with Gasteiger partial charge in [0.2, 0.25) is 0 Å². The SMILES string of the molecule is CCNC(=NCC(C)(C)N1CCOCC1)NCCOc1cccc(C)c1. The van der Waals surface area contributed by atoms with Crippen LogP contribution in [-0.2, 0) is 4.74 Å². The fourth-order valence-electron chi connectivity index (χ4n) is 2.93. The van der Waals surface area contributed by atoms with E-state index in [9.17, 15) is 0 Å². The molecule has 1 fully saturated rings. The van der Waals surface area contributed by atoms with Crippen molar-refractivity contribution in [2.45, 2.75) is 33.2 Å². The van der Waals surface area contributed by atoms with Crippen LogP contribution in [0.25, 0.3) is 0 Å². The van der Waals surface area contributed by atoms with Crippen LogP contribution >= 0.6 is 0 Å². The van der Waals surface area contributed by atoms with Crippen LogP contribution in [-0.4, -0.2) is 68.9 Å². The minimum atomic E-state index is 0.0181. The molecule has 6 nitrogen and oxygen atoms in total. The Labute approximate surface area is 158 Å². The van der Waals surface area contributed by atoms with Gasteiger partial charge in [0.1, 0.15) is 12.4 Å². The van der Waals surface area contributed by atoms with E-state index in [1.54, 1.807) is 0 Å². The van der Waals surface area contributed by atoms with Crippen molar-refractivity contribution in [3.63, 3.8) is 0 Å². The molecule has 0 saturated carbocycles. The third-order valence-electron chi connectivity index (χ3n) is 4.49. The first-order chi connectivity index (χ1) is 12.5. The third-order valence-corrected chi connectivity index (χ3v) is 4.49. The molecule has 0 aliphatic carbocycles. The van der Waals surface area contributed by atoms with Gasteiger partial charge in [-0.3, -0.25) is 9.89 Å². The lowest BCUT2D eigenvalue weighted by molar-refractivity contribution is -0.00683. The maximum atomic E-state index is 5.79. The van der Waals surface area contributed by atoms with Crippen LogP contribution in [0.5, 0.6) is 5.75 Å². The van der Waals surface area contributed by atoms with Crippen molar-refractivity contribution in [1.29, 1.82) is 0 Å². The normalized spacial score (nSPS) is 16.4. The summed E-state index contributed by atoms with van der Waals surface area (Å²) >= 11 is 0. The maximum absolute atomic E-state index is 5.79. The standard InChI is InChI=1S/C20H34N4O2/c1-5-21-19(22-9-12-26-18-8-6-7-17(2)15-18)23-16-20(3,4)24-10-13-25-14-11-24/h6-8,15H,5,9-14,16H2,1-4H3,(H2,21,22,23). The Morgan fingerprint density at radius 1 is 1.27 bits per heavy atom. The molecule has 1 aliphatic rings. The number of rotatable bonds is 8. The molecule has 1 saturated heterocycles. The first kappa shape index (κ1) is 20.5. The summed E-state index contributed by atoms with van der Waals surface area (Å²) in [5.41, 5.74) is 1.22. The summed E-state index contributed by atoms with van der Waals surface area (Å²) in [6.45, 7) is 15.1. The highest BCUT2D eigenvalue weighted by atomic mass is 16.5. The zero-order valence-corrected chi connectivity index (χ0v) is 16.7. The van der Waals surface area contributed by atoms with Gasteiger partial charge in [-0.15, -0.1) is 0 Å². The molecule has 1 aromatic rings. The van der Waals surface area contributed by atoms with E-state index in [0.717, 1.165) is 51.1 Å². The van der Waals surface area contributed by atoms with Crippen LogP contribution in [0.2, 0.25) is 0 Å². The van der Waals surface area contributed by atoms with Crippen molar-refractivity contribution < 1.29 is 9.47 Å². The molecule has 0 amide bonds. The molecule has 0 aromatic heterocycles. The lowest BCUT2D eigenvalue weighted by Crippen LogP contribution is -2.52. The predicted octanol–water partition coefficient (Wildman–Crippen LogP) is 2.04. The first-order valence-electron chi connectivity index (χ1n) is 9.56. The van der Waals surface area contributed by atoms with E-state index >= 15 is 0 Å². The van der Waals surface area contributed by atoms with E-state index in [4.69, 9.17) is 14.5 Å².